The lowest BCUT2D eigenvalue weighted by Crippen LogP contribution is -2.34. The summed E-state index contributed by atoms with van der Waals surface area (Å²) in [4.78, 5) is 23.8. The Labute approximate surface area is 110 Å². The number of hydrogen-bond donors (Lipinski definition) is 2. The Morgan fingerprint density at radius 1 is 1.47 bits per heavy atom. The van der Waals surface area contributed by atoms with Crippen LogP contribution in [-0.4, -0.2) is 40.5 Å². The van der Waals surface area contributed by atoms with E-state index < -0.39 is 10.8 Å². The minimum atomic E-state index is -0.623. The van der Waals surface area contributed by atoms with Gasteiger partial charge in [0.2, 0.25) is 0 Å². The molecule has 0 radical (unpaired) electrons. The number of nitro benzene ring substituents is 1. The second kappa shape index (κ2) is 6.69. The summed E-state index contributed by atoms with van der Waals surface area (Å²) in [5.41, 5.74) is 5.33. The monoisotopic (exact) mass is 267 g/mol. The van der Waals surface area contributed by atoms with Gasteiger partial charge in [-0.1, -0.05) is 13.0 Å². The zero-order chi connectivity index (χ0) is 14.4. The minimum Gasteiger partial charge on any atom is -0.395 e. The van der Waals surface area contributed by atoms with Crippen LogP contribution < -0.4 is 5.73 Å². The van der Waals surface area contributed by atoms with Crippen molar-refractivity contribution in [2.75, 3.05) is 25.4 Å². The molecule has 1 rings (SSSR count). The van der Waals surface area contributed by atoms with E-state index >= 15 is 0 Å². The van der Waals surface area contributed by atoms with Crippen molar-refractivity contribution in [3.05, 3.63) is 33.9 Å². The summed E-state index contributed by atoms with van der Waals surface area (Å²) in [6.45, 7) is 2.37. The zero-order valence-corrected chi connectivity index (χ0v) is 10.7. The van der Waals surface area contributed by atoms with Crippen molar-refractivity contribution in [3.63, 3.8) is 0 Å². The first-order chi connectivity index (χ1) is 9.02. The second-order valence-corrected chi connectivity index (χ2v) is 4.01. The van der Waals surface area contributed by atoms with E-state index in [-0.39, 0.29) is 30.1 Å². The number of carbonyl (C=O) groups excluding carboxylic acids is 1. The molecule has 104 valence electrons. The van der Waals surface area contributed by atoms with Crippen molar-refractivity contribution in [1.29, 1.82) is 0 Å². The van der Waals surface area contributed by atoms with Crippen LogP contribution in [0.3, 0.4) is 0 Å². The Hall–Kier alpha value is -2.15. The molecule has 0 bridgehead atoms. The minimum absolute atomic E-state index is 0.0936. The molecule has 0 saturated heterocycles. The summed E-state index contributed by atoms with van der Waals surface area (Å²) in [7, 11) is 0. The highest BCUT2D eigenvalue weighted by Crippen LogP contribution is 2.25. The maximum absolute atomic E-state index is 12.2. The van der Waals surface area contributed by atoms with Gasteiger partial charge in [0.25, 0.3) is 11.6 Å². The lowest BCUT2D eigenvalue weighted by atomic mass is 10.1. The predicted octanol–water partition coefficient (Wildman–Crippen LogP) is 1.02. The molecule has 0 aliphatic heterocycles. The van der Waals surface area contributed by atoms with Gasteiger partial charge in [-0.05, 0) is 12.5 Å². The molecular weight excluding hydrogens is 250 g/mol. The zero-order valence-electron chi connectivity index (χ0n) is 10.7. The van der Waals surface area contributed by atoms with Gasteiger partial charge in [0.05, 0.1) is 17.1 Å². The number of amides is 1. The topological polar surface area (TPSA) is 110 Å². The first kappa shape index (κ1) is 14.9. The standard InChI is InChI=1S/C12H17N3O4/c1-2-6-14(7-8-16)12(17)9-4-3-5-10(11(9)13)15(18)19/h3-5,16H,2,6-8,13H2,1H3. The molecule has 0 aliphatic rings. The van der Waals surface area contributed by atoms with Crippen LogP contribution in [0.2, 0.25) is 0 Å². The van der Waals surface area contributed by atoms with Crippen LogP contribution in [0.25, 0.3) is 0 Å². The molecule has 0 unspecified atom stereocenters. The molecule has 7 nitrogen and oxygen atoms in total. The number of nitro groups is 1. The normalized spacial score (nSPS) is 10.2. The van der Waals surface area contributed by atoms with Crippen molar-refractivity contribution in [2.45, 2.75) is 13.3 Å². The summed E-state index contributed by atoms with van der Waals surface area (Å²) in [6.07, 6.45) is 0.723. The van der Waals surface area contributed by atoms with Gasteiger partial charge in [-0.15, -0.1) is 0 Å². The summed E-state index contributed by atoms with van der Waals surface area (Å²) in [6, 6.07) is 4.12. The van der Waals surface area contributed by atoms with Crippen molar-refractivity contribution < 1.29 is 14.8 Å². The Morgan fingerprint density at radius 3 is 2.68 bits per heavy atom. The number of anilines is 1. The molecule has 1 aromatic rings. The average molecular weight is 267 g/mol. The molecule has 0 aromatic heterocycles. The third-order valence-electron chi connectivity index (χ3n) is 2.66. The van der Waals surface area contributed by atoms with Gasteiger partial charge in [0.15, 0.2) is 0 Å². The highest BCUT2D eigenvalue weighted by atomic mass is 16.6. The smallest absolute Gasteiger partial charge is 0.292 e. The lowest BCUT2D eigenvalue weighted by Gasteiger charge is -2.21. The number of aliphatic hydroxyl groups excluding tert-OH is 1. The quantitative estimate of drug-likeness (QED) is 0.454. The van der Waals surface area contributed by atoms with Crippen LogP contribution in [0.4, 0.5) is 11.4 Å². The van der Waals surface area contributed by atoms with Gasteiger partial charge in [-0.25, -0.2) is 0 Å². The fraction of sp³-hybridized carbons (Fsp3) is 0.417. The van der Waals surface area contributed by atoms with Crippen molar-refractivity contribution in [3.8, 4) is 0 Å². The highest BCUT2D eigenvalue weighted by molar-refractivity contribution is 6.01. The van der Waals surface area contributed by atoms with Crippen LogP contribution >= 0.6 is 0 Å². The van der Waals surface area contributed by atoms with Crippen molar-refractivity contribution in [2.24, 2.45) is 0 Å². The molecule has 0 saturated carbocycles. The molecule has 0 spiro atoms. The maximum Gasteiger partial charge on any atom is 0.292 e. The van der Waals surface area contributed by atoms with Crippen molar-refractivity contribution in [1.82, 2.24) is 4.90 Å². The number of carbonyl (C=O) groups is 1. The summed E-state index contributed by atoms with van der Waals surface area (Å²) >= 11 is 0. The largest absolute Gasteiger partial charge is 0.395 e. The fourth-order valence-corrected chi connectivity index (χ4v) is 1.77. The number of para-hydroxylation sites is 1. The van der Waals surface area contributed by atoms with Gasteiger partial charge >= 0.3 is 0 Å². The van der Waals surface area contributed by atoms with E-state index in [4.69, 9.17) is 10.8 Å². The second-order valence-electron chi connectivity index (χ2n) is 4.01. The Bertz CT molecular complexity index is 470. The Kier molecular flexibility index (Phi) is 5.25. The predicted molar refractivity (Wildman–Crippen MR) is 70.8 cm³/mol. The summed E-state index contributed by atoms with van der Waals surface area (Å²) in [5, 5.41) is 19.7. The molecule has 3 N–H and O–H groups in total. The molecule has 0 atom stereocenters. The SMILES string of the molecule is CCCN(CCO)C(=O)c1cccc([N+](=O)[O-])c1N. The first-order valence-corrected chi connectivity index (χ1v) is 5.95. The van der Waals surface area contributed by atoms with Gasteiger partial charge < -0.3 is 15.7 Å². The van der Waals surface area contributed by atoms with Gasteiger partial charge in [0.1, 0.15) is 5.69 Å². The highest BCUT2D eigenvalue weighted by Gasteiger charge is 2.22. The van der Waals surface area contributed by atoms with E-state index in [0.717, 1.165) is 6.42 Å². The van der Waals surface area contributed by atoms with Crippen LogP contribution in [0.1, 0.15) is 23.7 Å². The van der Waals surface area contributed by atoms with E-state index in [1.54, 1.807) is 0 Å². The molecule has 7 heteroatoms. The third-order valence-corrected chi connectivity index (χ3v) is 2.66. The van der Waals surface area contributed by atoms with E-state index in [1.807, 2.05) is 6.92 Å². The molecule has 0 fully saturated rings. The number of benzene rings is 1. The first-order valence-electron chi connectivity index (χ1n) is 5.95. The molecular formula is C12H17N3O4. The Morgan fingerprint density at radius 2 is 2.16 bits per heavy atom. The Balaban J connectivity index is 3.10. The van der Waals surface area contributed by atoms with E-state index in [9.17, 15) is 14.9 Å². The average Bonchev–Trinajstić information content (AvgIpc) is 2.37. The fourth-order valence-electron chi connectivity index (χ4n) is 1.77. The number of rotatable bonds is 6. The van der Waals surface area contributed by atoms with E-state index in [1.165, 1.54) is 23.1 Å². The number of nitrogens with zero attached hydrogens (tertiary/aromatic N) is 2. The van der Waals surface area contributed by atoms with Crippen molar-refractivity contribution >= 4 is 17.3 Å². The van der Waals surface area contributed by atoms with Gasteiger partial charge in [-0.3, -0.25) is 14.9 Å². The summed E-state index contributed by atoms with van der Waals surface area (Å²) in [5.74, 6) is -0.405. The number of nitrogen functional groups attached to an aromatic ring is 1. The molecule has 1 amide bonds. The van der Waals surface area contributed by atoms with Crippen LogP contribution in [0, 0.1) is 10.1 Å². The summed E-state index contributed by atoms with van der Waals surface area (Å²) < 4.78 is 0. The molecule has 0 aliphatic carbocycles. The van der Waals surface area contributed by atoms with Crippen LogP contribution in [-0.2, 0) is 0 Å². The maximum atomic E-state index is 12.2. The number of hydrogen-bond acceptors (Lipinski definition) is 5. The molecule has 1 aromatic carbocycles. The molecule has 19 heavy (non-hydrogen) atoms. The van der Waals surface area contributed by atoms with Crippen LogP contribution in [0.15, 0.2) is 18.2 Å². The van der Waals surface area contributed by atoms with Gasteiger partial charge in [-0.2, -0.15) is 0 Å². The van der Waals surface area contributed by atoms with E-state index in [2.05, 4.69) is 0 Å². The number of nitrogens with two attached hydrogens (primary N) is 1. The third kappa shape index (κ3) is 3.41. The van der Waals surface area contributed by atoms with Gasteiger partial charge in [0, 0.05) is 19.2 Å². The number of aliphatic hydroxyl groups is 1. The lowest BCUT2D eigenvalue weighted by molar-refractivity contribution is -0.383. The van der Waals surface area contributed by atoms with Crippen LogP contribution in [0.5, 0.6) is 0 Å². The molecule has 0 heterocycles. The van der Waals surface area contributed by atoms with E-state index in [0.29, 0.717) is 6.54 Å².